The van der Waals surface area contributed by atoms with Crippen molar-refractivity contribution in [3.8, 4) is 5.75 Å². The van der Waals surface area contributed by atoms with Gasteiger partial charge in [0.2, 0.25) is 0 Å². The molecule has 1 aromatic rings. The molecule has 2 aliphatic rings. The lowest BCUT2D eigenvalue weighted by molar-refractivity contribution is -0.208. The van der Waals surface area contributed by atoms with E-state index in [-0.39, 0.29) is 43.1 Å². The normalized spacial score (nSPS) is 18.4. The van der Waals surface area contributed by atoms with Gasteiger partial charge in [-0.05, 0) is 67.6 Å². The van der Waals surface area contributed by atoms with E-state index in [9.17, 15) is 19.2 Å². The van der Waals surface area contributed by atoms with Gasteiger partial charge >= 0.3 is 17.9 Å². The van der Waals surface area contributed by atoms with Gasteiger partial charge < -0.3 is 35.3 Å². The van der Waals surface area contributed by atoms with Gasteiger partial charge in [0.15, 0.2) is 0 Å². The maximum atomic E-state index is 14.3. The molecule has 5 N–H and O–H groups in total. The van der Waals surface area contributed by atoms with Crippen LogP contribution < -0.4 is 36.2 Å². The summed E-state index contributed by atoms with van der Waals surface area (Å²) in [6.45, 7) is 10.6. The fourth-order valence-corrected chi connectivity index (χ4v) is 5.23. The zero-order valence-electron chi connectivity index (χ0n) is 26.8. The predicted octanol–water partition coefficient (Wildman–Crippen LogP) is 1.29. The number of benzene rings is 1. The third kappa shape index (κ3) is 7.31. The molecular weight excluding hydrogens is 556 g/mol. The molecule has 14 nitrogen and oxygen atoms in total. The maximum Gasteiger partial charge on any atom is 0.330 e. The van der Waals surface area contributed by atoms with Gasteiger partial charge in [0.05, 0.1) is 28.9 Å². The first-order chi connectivity index (χ1) is 20.2. The Hall–Kier alpha value is -3.62. The number of hydroxylamine groups is 2. The molecule has 43 heavy (non-hydrogen) atoms. The minimum absolute atomic E-state index is 0.130. The average molecular weight is 605 g/mol. The monoisotopic (exact) mass is 604 g/mol. The number of anilines is 2. The highest BCUT2D eigenvalue weighted by molar-refractivity contribution is 6.07. The SMILES string of the molecule is CNC(=O)NCCN1C(=O)C(NC)(NC)Oc2cc(NC)c(C(=O)N(C(C)C)[C@@H]3CCCN(OC(=O)C(C)(C)C)C3)cc21. The number of nitrogens with one attached hydrogen (secondary N) is 5. The number of likely N-dealkylation sites (N-methyl/N-ethyl adjacent to an activating group) is 2. The molecule has 3 rings (SSSR count). The zero-order chi connectivity index (χ0) is 32.1. The Morgan fingerprint density at radius 2 is 1.81 bits per heavy atom. The van der Waals surface area contributed by atoms with Crippen molar-refractivity contribution in [1.29, 1.82) is 0 Å². The summed E-state index contributed by atoms with van der Waals surface area (Å²) in [6, 6.07) is 2.61. The molecule has 0 spiro atoms. The van der Waals surface area contributed by atoms with E-state index < -0.39 is 17.2 Å². The highest BCUT2D eigenvalue weighted by Crippen LogP contribution is 2.41. The third-order valence-electron chi connectivity index (χ3n) is 7.62. The fraction of sp³-hybridized carbons (Fsp3) is 0.655. The Morgan fingerprint density at radius 3 is 2.37 bits per heavy atom. The van der Waals surface area contributed by atoms with E-state index in [2.05, 4.69) is 26.6 Å². The van der Waals surface area contributed by atoms with Crippen LogP contribution in [-0.4, -0.2) is 106 Å². The van der Waals surface area contributed by atoms with Crippen LogP contribution in [0.5, 0.6) is 5.75 Å². The van der Waals surface area contributed by atoms with Gasteiger partial charge in [-0.2, -0.15) is 0 Å². The third-order valence-corrected chi connectivity index (χ3v) is 7.62. The van der Waals surface area contributed by atoms with E-state index in [0.29, 0.717) is 35.8 Å². The van der Waals surface area contributed by atoms with E-state index in [4.69, 9.17) is 9.57 Å². The number of rotatable bonds is 10. The van der Waals surface area contributed by atoms with Crippen molar-refractivity contribution in [2.45, 2.75) is 65.4 Å². The lowest BCUT2D eigenvalue weighted by Gasteiger charge is -2.43. The van der Waals surface area contributed by atoms with E-state index in [1.54, 1.807) is 59.1 Å². The number of amides is 4. The van der Waals surface area contributed by atoms with E-state index in [0.717, 1.165) is 12.8 Å². The van der Waals surface area contributed by atoms with Crippen LogP contribution in [0.2, 0.25) is 0 Å². The molecule has 0 radical (unpaired) electrons. The molecule has 1 fully saturated rings. The molecule has 0 saturated carbocycles. The molecule has 240 valence electrons. The molecular formula is C29H48N8O6. The van der Waals surface area contributed by atoms with Crippen LogP contribution in [0.15, 0.2) is 12.1 Å². The van der Waals surface area contributed by atoms with Crippen molar-refractivity contribution >= 4 is 35.2 Å². The number of hydrogen-bond acceptors (Lipinski definition) is 10. The standard InChI is InChI=1S/C29H48N8O6/c1-18(2)37(19-11-10-13-35(17-19)43-26(40)28(3,4)5)24(38)20-15-22-23(16-21(20)30-6)42-29(32-8,33-9)25(39)36(22)14-12-34-27(41)31-7/h15-16,18-19,30,32-33H,10-14,17H2,1-9H3,(H2,31,34,41)/t19-/m1/s1. The Kier molecular flexibility index (Phi) is 10.9. The summed E-state index contributed by atoms with van der Waals surface area (Å²) in [6.07, 6.45) is 1.51. The van der Waals surface area contributed by atoms with Crippen molar-refractivity contribution in [2.24, 2.45) is 5.41 Å². The van der Waals surface area contributed by atoms with Crippen LogP contribution in [-0.2, 0) is 14.4 Å². The van der Waals surface area contributed by atoms with Crippen molar-refractivity contribution < 1.29 is 28.8 Å². The Morgan fingerprint density at radius 1 is 1.14 bits per heavy atom. The van der Waals surface area contributed by atoms with Gasteiger partial charge in [-0.25, -0.2) is 9.59 Å². The van der Waals surface area contributed by atoms with E-state index in [1.807, 2.05) is 18.7 Å². The van der Waals surface area contributed by atoms with Crippen molar-refractivity contribution in [2.75, 3.05) is 64.6 Å². The molecule has 0 bridgehead atoms. The summed E-state index contributed by atoms with van der Waals surface area (Å²) in [7, 11) is 6.43. The lowest BCUT2D eigenvalue weighted by Crippen LogP contribution is -2.70. The number of ether oxygens (including phenoxy) is 1. The maximum absolute atomic E-state index is 14.3. The van der Waals surface area contributed by atoms with Gasteiger partial charge in [-0.1, -0.05) is 0 Å². The highest BCUT2D eigenvalue weighted by atomic mass is 16.7. The van der Waals surface area contributed by atoms with Crippen LogP contribution in [0.4, 0.5) is 16.2 Å². The fourth-order valence-electron chi connectivity index (χ4n) is 5.23. The molecule has 0 aromatic heterocycles. The number of hydrogen-bond donors (Lipinski definition) is 5. The number of fused-ring (bicyclic) bond motifs is 1. The predicted molar refractivity (Wildman–Crippen MR) is 164 cm³/mol. The number of piperidine rings is 1. The number of carbonyl (C=O) groups is 4. The van der Waals surface area contributed by atoms with Gasteiger partial charge in [-0.15, -0.1) is 5.06 Å². The van der Waals surface area contributed by atoms with Gasteiger partial charge in [0.1, 0.15) is 5.75 Å². The molecule has 0 unspecified atom stereocenters. The van der Waals surface area contributed by atoms with Crippen molar-refractivity contribution in [3.05, 3.63) is 17.7 Å². The average Bonchev–Trinajstić information content (AvgIpc) is 2.96. The molecule has 14 heteroatoms. The summed E-state index contributed by atoms with van der Waals surface area (Å²) in [4.78, 5) is 61.4. The number of nitrogens with zero attached hydrogens (tertiary/aromatic N) is 3. The van der Waals surface area contributed by atoms with E-state index in [1.165, 1.54) is 11.9 Å². The Labute approximate surface area is 254 Å². The summed E-state index contributed by atoms with van der Waals surface area (Å²) < 4.78 is 6.16. The molecule has 4 amide bonds. The highest BCUT2D eigenvalue weighted by Gasteiger charge is 2.47. The minimum atomic E-state index is -1.55. The Bertz CT molecular complexity index is 1200. The van der Waals surface area contributed by atoms with Gasteiger partial charge in [0, 0.05) is 51.9 Å². The van der Waals surface area contributed by atoms with Crippen molar-refractivity contribution in [3.63, 3.8) is 0 Å². The molecule has 1 atom stereocenters. The second kappa shape index (κ2) is 13.8. The van der Waals surface area contributed by atoms with Crippen LogP contribution >= 0.6 is 0 Å². The number of urea groups is 1. The van der Waals surface area contributed by atoms with Crippen LogP contribution in [0, 0.1) is 5.41 Å². The summed E-state index contributed by atoms with van der Waals surface area (Å²) in [5.74, 6) is -2.15. The second-order valence-corrected chi connectivity index (χ2v) is 12.0. The first-order valence-corrected chi connectivity index (χ1v) is 14.7. The van der Waals surface area contributed by atoms with Crippen LogP contribution in [0.25, 0.3) is 0 Å². The smallest absolute Gasteiger partial charge is 0.330 e. The molecule has 2 aliphatic heterocycles. The molecule has 0 aliphatic carbocycles. The van der Waals surface area contributed by atoms with Crippen LogP contribution in [0.1, 0.15) is 57.8 Å². The summed E-state index contributed by atoms with van der Waals surface area (Å²) in [5, 5.41) is 15.8. The number of carbonyl (C=O) groups excluding carboxylic acids is 4. The first kappa shape index (κ1) is 33.9. The Balaban J connectivity index is 2.00. The quantitative estimate of drug-likeness (QED) is 0.247. The topological polar surface area (TPSA) is 157 Å². The molecule has 2 heterocycles. The minimum Gasteiger partial charge on any atom is -0.448 e. The van der Waals surface area contributed by atoms with Gasteiger partial charge in [0.25, 0.3) is 11.8 Å². The summed E-state index contributed by atoms with van der Waals surface area (Å²) >= 11 is 0. The molecule has 1 aromatic carbocycles. The van der Waals surface area contributed by atoms with Crippen molar-refractivity contribution in [1.82, 2.24) is 31.2 Å². The largest absolute Gasteiger partial charge is 0.448 e. The summed E-state index contributed by atoms with van der Waals surface area (Å²) in [5.41, 5.74) is 0.645. The molecule has 1 saturated heterocycles. The van der Waals surface area contributed by atoms with Crippen LogP contribution in [0.3, 0.4) is 0 Å². The zero-order valence-corrected chi connectivity index (χ0v) is 26.8. The first-order valence-electron chi connectivity index (χ1n) is 14.7. The second-order valence-electron chi connectivity index (χ2n) is 12.0. The van der Waals surface area contributed by atoms with Gasteiger partial charge in [-0.3, -0.25) is 20.2 Å². The van der Waals surface area contributed by atoms with E-state index >= 15 is 0 Å². The lowest BCUT2D eigenvalue weighted by atomic mass is 9.97.